The Hall–Kier alpha value is -4.04. The highest BCUT2D eigenvalue weighted by Gasteiger charge is 2.30. The van der Waals surface area contributed by atoms with E-state index in [4.69, 9.17) is 16.6 Å². The summed E-state index contributed by atoms with van der Waals surface area (Å²) in [7, 11) is 0. The fourth-order valence-electron chi connectivity index (χ4n) is 5.16. The summed E-state index contributed by atoms with van der Waals surface area (Å²) in [6.07, 6.45) is 1.30. The molecule has 5 rings (SSSR count). The van der Waals surface area contributed by atoms with Crippen molar-refractivity contribution in [2.24, 2.45) is 0 Å². The van der Waals surface area contributed by atoms with Gasteiger partial charge in [0.25, 0.3) is 0 Å². The number of anilines is 1. The van der Waals surface area contributed by atoms with Crippen molar-refractivity contribution in [2.45, 2.75) is 32.7 Å². The molecule has 0 saturated carbocycles. The Balaban J connectivity index is 1.78. The fraction of sp³-hybridized carbons (Fsp3) is 0.267. The zero-order valence-electron chi connectivity index (χ0n) is 22.1. The van der Waals surface area contributed by atoms with Crippen LogP contribution >= 0.6 is 11.6 Å². The zero-order chi connectivity index (χ0) is 27.8. The lowest BCUT2D eigenvalue weighted by Crippen LogP contribution is -2.54. The van der Waals surface area contributed by atoms with Crippen LogP contribution in [0.15, 0.2) is 72.0 Å². The van der Waals surface area contributed by atoms with Crippen LogP contribution < -0.4 is 10.6 Å². The van der Waals surface area contributed by atoms with E-state index in [-0.39, 0.29) is 34.1 Å². The fourth-order valence-corrected chi connectivity index (χ4v) is 5.42. The van der Waals surface area contributed by atoms with Crippen LogP contribution in [-0.4, -0.2) is 51.0 Å². The number of nitrogens with zero attached hydrogens (tertiary/aromatic N) is 5. The number of halogens is 2. The molecule has 0 unspecified atom stereocenters. The highest BCUT2D eigenvalue weighted by atomic mass is 35.5. The molecule has 39 heavy (non-hydrogen) atoms. The number of carbonyl (C=O) groups excluding carboxylic acids is 1. The predicted octanol–water partition coefficient (Wildman–Crippen LogP) is 5.59. The first-order valence-corrected chi connectivity index (χ1v) is 13.2. The molecular formula is C30H29ClFN5O2. The van der Waals surface area contributed by atoms with Crippen molar-refractivity contribution in [3.05, 3.63) is 94.1 Å². The number of carbonyl (C=O) groups is 1. The van der Waals surface area contributed by atoms with Crippen molar-refractivity contribution in [3.8, 4) is 16.9 Å². The van der Waals surface area contributed by atoms with Gasteiger partial charge in [0, 0.05) is 31.2 Å². The largest absolute Gasteiger partial charge is 0.355 e. The molecule has 7 nitrogen and oxygen atoms in total. The van der Waals surface area contributed by atoms with Crippen LogP contribution in [0.3, 0.4) is 0 Å². The first-order chi connectivity index (χ1) is 18.7. The Kier molecular flexibility index (Phi) is 7.23. The molecule has 1 atom stereocenters. The second-order valence-corrected chi connectivity index (χ2v) is 10.4. The maximum Gasteiger partial charge on any atom is 0.355 e. The van der Waals surface area contributed by atoms with Crippen molar-refractivity contribution in [1.29, 1.82) is 0 Å². The molecule has 1 aliphatic rings. The third-order valence-corrected chi connectivity index (χ3v) is 7.40. The van der Waals surface area contributed by atoms with Gasteiger partial charge in [-0.1, -0.05) is 62.4 Å². The lowest BCUT2D eigenvalue weighted by atomic mass is 10.0. The average Bonchev–Trinajstić information content (AvgIpc) is 2.92. The van der Waals surface area contributed by atoms with E-state index in [0.717, 1.165) is 5.56 Å². The van der Waals surface area contributed by atoms with Gasteiger partial charge in [0.2, 0.25) is 5.91 Å². The molecule has 1 amide bonds. The van der Waals surface area contributed by atoms with Crippen LogP contribution in [0.2, 0.25) is 5.02 Å². The maximum absolute atomic E-state index is 14.9. The van der Waals surface area contributed by atoms with Gasteiger partial charge >= 0.3 is 5.69 Å². The molecule has 3 heterocycles. The van der Waals surface area contributed by atoms with Gasteiger partial charge in [0.1, 0.15) is 11.6 Å². The number of benzene rings is 2. The quantitative estimate of drug-likeness (QED) is 0.306. The molecule has 0 aliphatic carbocycles. The van der Waals surface area contributed by atoms with Crippen LogP contribution in [0, 0.1) is 5.82 Å². The monoisotopic (exact) mass is 545 g/mol. The van der Waals surface area contributed by atoms with Gasteiger partial charge in [0.05, 0.1) is 21.8 Å². The predicted molar refractivity (Wildman–Crippen MR) is 153 cm³/mol. The molecule has 0 N–H and O–H groups in total. The summed E-state index contributed by atoms with van der Waals surface area (Å²) in [6, 6.07) is 15.5. The van der Waals surface area contributed by atoms with Crippen molar-refractivity contribution in [1.82, 2.24) is 19.4 Å². The van der Waals surface area contributed by atoms with E-state index in [1.54, 1.807) is 29.2 Å². The van der Waals surface area contributed by atoms with Crippen LogP contribution in [-0.2, 0) is 4.79 Å². The van der Waals surface area contributed by atoms with E-state index < -0.39 is 11.5 Å². The van der Waals surface area contributed by atoms with Gasteiger partial charge in [-0.25, -0.2) is 18.7 Å². The highest BCUT2D eigenvalue weighted by molar-refractivity contribution is 6.33. The summed E-state index contributed by atoms with van der Waals surface area (Å²) in [5.74, 6) is -0.0504. The number of rotatable bonds is 5. The Morgan fingerprint density at radius 1 is 1.13 bits per heavy atom. The van der Waals surface area contributed by atoms with E-state index in [9.17, 15) is 14.0 Å². The number of aromatic nitrogens is 3. The van der Waals surface area contributed by atoms with Crippen molar-refractivity contribution in [3.63, 3.8) is 0 Å². The number of fused-ring (bicyclic) bond motifs is 1. The number of pyridine rings is 1. The molecule has 9 heteroatoms. The second-order valence-electron chi connectivity index (χ2n) is 9.97. The molecule has 0 spiro atoms. The molecule has 0 radical (unpaired) electrons. The first kappa shape index (κ1) is 26.6. The minimum absolute atomic E-state index is 0.122. The minimum atomic E-state index is -0.503. The lowest BCUT2D eigenvalue weighted by molar-refractivity contribution is -0.126. The van der Waals surface area contributed by atoms with Crippen LogP contribution in [0.4, 0.5) is 10.2 Å². The Morgan fingerprint density at radius 2 is 1.85 bits per heavy atom. The van der Waals surface area contributed by atoms with Gasteiger partial charge in [-0.2, -0.15) is 4.98 Å². The van der Waals surface area contributed by atoms with Crippen molar-refractivity contribution in [2.75, 3.05) is 24.5 Å². The summed E-state index contributed by atoms with van der Waals surface area (Å²) in [6.45, 7) is 11.0. The third kappa shape index (κ3) is 4.81. The maximum atomic E-state index is 14.9. The van der Waals surface area contributed by atoms with Crippen LogP contribution in [0.1, 0.15) is 32.3 Å². The van der Waals surface area contributed by atoms with E-state index in [2.05, 4.69) is 25.4 Å². The average molecular weight is 546 g/mol. The number of hydrogen-bond acceptors (Lipinski definition) is 5. The number of amides is 1. The Morgan fingerprint density at radius 3 is 2.54 bits per heavy atom. The molecule has 1 saturated heterocycles. The molecule has 1 fully saturated rings. The highest BCUT2D eigenvalue weighted by Crippen LogP contribution is 2.35. The normalized spacial score (nSPS) is 15.7. The summed E-state index contributed by atoms with van der Waals surface area (Å²) >= 11 is 6.73. The van der Waals surface area contributed by atoms with Gasteiger partial charge in [-0.15, -0.1) is 0 Å². The smallest absolute Gasteiger partial charge is 0.350 e. The Bertz CT molecular complexity index is 1650. The molecule has 4 aromatic rings. The summed E-state index contributed by atoms with van der Waals surface area (Å²) in [5.41, 5.74) is 1.91. The molecular weight excluding hydrogens is 517 g/mol. The number of hydrogen-bond donors (Lipinski definition) is 0. The third-order valence-electron chi connectivity index (χ3n) is 7.12. The van der Waals surface area contributed by atoms with E-state index in [1.165, 1.54) is 16.7 Å². The summed E-state index contributed by atoms with van der Waals surface area (Å²) in [5, 5.41) is 0.805. The molecule has 0 bridgehead atoms. The minimum Gasteiger partial charge on any atom is -0.350 e. The molecule has 2 aromatic heterocycles. The lowest BCUT2D eigenvalue weighted by Gasteiger charge is -2.40. The topological polar surface area (TPSA) is 71.3 Å². The van der Waals surface area contributed by atoms with Gasteiger partial charge in [-0.3, -0.25) is 4.79 Å². The number of piperazine rings is 1. The van der Waals surface area contributed by atoms with E-state index >= 15 is 0 Å². The van der Waals surface area contributed by atoms with Crippen molar-refractivity contribution >= 4 is 34.4 Å². The summed E-state index contributed by atoms with van der Waals surface area (Å²) in [4.78, 5) is 39.1. The molecule has 200 valence electrons. The SMILES string of the molecule is C=CC(=O)N1CCN(c2nc(=O)n(-c3ccccc3C(C)C)c3nc(-c4ccccc4F)c(Cl)cc23)[C@@H](C)C1. The van der Waals surface area contributed by atoms with E-state index in [0.29, 0.717) is 42.2 Å². The Labute approximate surface area is 231 Å². The first-order valence-electron chi connectivity index (χ1n) is 12.9. The zero-order valence-corrected chi connectivity index (χ0v) is 22.8. The van der Waals surface area contributed by atoms with Gasteiger partial charge in [-0.05, 0) is 48.7 Å². The van der Waals surface area contributed by atoms with Crippen LogP contribution in [0.5, 0.6) is 0 Å². The van der Waals surface area contributed by atoms with Crippen LogP contribution in [0.25, 0.3) is 28.0 Å². The molecule has 1 aliphatic heterocycles. The van der Waals surface area contributed by atoms with Crippen molar-refractivity contribution < 1.29 is 9.18 Å². The molecule has 2 aromatic carbocycles. The second kappa shape index (κ2) is 10.6. The summed E-state index contributed by atoms with van der Waals surface area (Å²) < 4.78 is 16.3. The van der Waals surface area contributed by atoms with Gasteiger partial charge in [0.15, 0.2) is 5.65 Å². The number of para-hydroxylation sites is 1. The van der Waals surface area contributed by atoms with Gasteiger partial charge < -0.3 is 9.80 Å². The van der Waals surface area contributed by atoms with E-state index in [1.807, 2.05) is 36.1 Å². The standard InChI is InChI=1S/C30H29ClFN5O2/c1-5-26(38)35-14-15-36(19(4)17-35)28-22-16-23(31)27(21-11-6-8-12-24(21)32)33-29(22)37(30(39)34-28)25-13-9-7-10-20(25)18(2)3/h5-13,16,18-19H,1,14-15,17H2,2-4H3/t19-/m0/s1.